The fourth-order valence-corrected chi connectivity index (χ4v) is 4.11. The summed E-state index contributed by atoms with van der Waals surface area (Å²) >= 11 is 0. The van der Waals surface area contributed by atoms with E-state index in [0.717, 1.165) is 50.9 Å². The van der Waals surface area contributed by atoms with E-state index in [1.165, 1.54) is 7.11 Å². The molecule has 2 fully saturated rings. The molecular weight excluding hydrogens is 295 g/mol. The quantitative estimate of drug-likeness (QED) is 0.855. The standard InChI is InChI=1S/C18H25FN2O2/c1-13(22)21-10-4-6-17(21)16-5-3-9-20(16)12-14-7-8-18(23-2)15(19)11-14/h7-8,11,16-17H,3-6,9-10,12H2,1-2H3. The van der Waals surface area contributed by atoms with Crippen LogP contribution in [0.5, 0.6) is 5.75 Å². The number of hydrogen-bond acceptors (Lipinski definition) is 3. The SMILES string of the molecule is COc1ccc(CN2CCCC2C2CCCN2C(C)=O)cc1F. The van der Waals surface area contributed by atoms with Crippen LogP contribution in [0.15, 0.2) is 18.2 Å². The number of nitrogens with zero attached hydrogens (tertiary/aromatic N) is 2. The molecule has 0 saturated carbocycles. The zero-order chi connectivity index (χ0) is 16.4. The molecule has 0 bridgehead atoms. The van der Waals surface area contributed by atoms with E-state index in [1.54, 1.807) is 19.1 Å². The molecule has 5 heteroatoms. The van der Waals surface area contributed by atoms with E-state index in [-0.39, 0.29) is 17.5 Å². The average Bonchev–Trinajstić information content (AvgIpc) is 3.15. The highest BCUT2D eigenvalue weighted by atomic mass is 19.1. The van der Waals surface area contributed by atoms with Crippen molar-refractivity contribution in [3.8, 4) is 5.75 Å². The summed E-state index contributed by atoms with van der Waals surface area (Å²) in [6.07, 6.45) is 4.43. The van der Waals surface area contributed by atoms with Gasteiger partial charge in [0.15, 0.2) is 11.6 Å². The molecule has 3 rings (SSSR count). The minimum absolute atomic E-state index is 0.176. The fourth-order valence-electron chi connectivity index (χ4n) is 4.11. The number of methoxy groups -OCH3 is 1. The summed E-state index contributed by atoms with van der Waals surface area (Å²) in [5.41, 5.74) is 0.961. The van der Waals surface area contributed by atoms with Gasteiger partial charge in [0.1, 0.15) is 0 Å². The molecule has 2 aliphatic rings. The Balaban J connectivity index is 1.72. The number of halogens is 1. The number of amides is 1. The Labute approximate surface area is 137 Å². The third-order valence-corrected chi connectivity index (χ3v) is 5.16. The Morgan fingerprint density at radius 2 is 2.00 bits per heavy atom. The van der Waals surface area contributed by atoms with Crippen LogP contribution in [-0.4, -0.2) is 48.0 Å². The molecule has 0 spiro atoms. The highest BCUT2D eigenvalue weighted by Crippen LogP contribution is 2.31. The molecule has 23 heavy (non-hydrogen) atoms. The first kappa shape index (κ1) is 16.2. The third kappa shape index (κ3) is 3.34. The molecule has 4 nitrogen and oxygen atoms in total. The van der Waals surface area contributed by atoms with Gasteiger partial charge in [0.05, 0.1) is 7.11 Å². The average molecular weight is 320 g/mol. The lowest BCUT2D eigenvalue weighted by atomic mass is 10.0. The second-order valence-electron chi connectivity index (χ2n) is 6.57. The number of benzene rings is 1. The van der Waals surface area contributed by atoms with Crippen LogP contribution < -0.4 is 4.74 Å². The molecule has 0 N–H and O–H groups in total. The summed E-state index contributed by atoms with van der Waals surface area (Å²) in [5.74, 6) is 0.145. The molecular formula is C18H25FN2O2. The molecule has 2 unspecified atom stereocenters. The van der Waals surface area contributed by atoms with Crippen molar-refractivity contribution in [3.63, 3.8) is 0 Å². The molecule has 2 heterocycles. The minimum atomic E-state index is -0.313. The van der Waals surface area contributed by atoms with E-state index in [2.05, 4.69) is 4.90 Å². The molecule has 1 amide bonds. The van der Waals surface area contributed by atoms with Crippen molar-refractivity contribution in [3.05, 3.63) is 29.6 Å². The second-order valence-corrected chi connectivity index (χ2v) is 6.57. The summed E-state index contributed by atoms with van der Waals surface area (Å²) in [4.78, 5) is 16.3. The molecule has 2 saturated heterocycles. The monoisotopic (exact) mass is 320 g/mol. The number of carbonyl (C=O) groups is 1. The normalized spacial score (nSPS) is 25.1. The summed E-state index contributed by atoms with van der Waals surface area (Å²) in [6, 6.07) is 5.89. The van der Waals surface area contributed by atoms with Crippen molar-refractivity contribution in [1.29, 1.82) is 0 Å². The smallest absolute Gasteiger partial charge is 0.219 e. The van der Waals surface area contributed by atoms with Crippen LogP contribution in [0.1, 0.15) is 38.2 Å². The van der Waals surface area contributed by atoms with Gasteiger partial charge in [-0.1, -0.05) is 6.07 Å². The van der Waals surface area contributed by atoms with Gasteiger partial charge in [-0.2, -0.15) is 0 Å². The predicted octanol–water partition coefficient (Wildman–Crippen LogP) is 2.81. The summed E-state index contributed by atoms with van der Waals surface area (Å²) in [5, 5.41) is 0. The maximum absolute atomic E-state index is 13.9. The first-order chi connectivity index (χ1) is 11.1. The highest BCUT2D eigenvalue weighted by Gasteiger charge is 2.38. The first-order valence-corrected chi connectivity index (χ1v) is 8.44. The Hall–Kier alpha value is -1.62. The van der Waals surface area contributed by atoms with Gasteiger partial charge in [-0.05, 0) is 49.9 Å². The molecule has 126 valence electrons. The van der Waals surface area contributed by atoms with Gasteiger partial charge in [-0.3, -0.25) is 9.69 Å². The van der Waals surface area contributed by atoms with Crippen LogP contribution in [0.4, 0.5) is 4.39 Å². The lowest BCUT2D eigenvalue weighted by Gasteiger charge is -2.34. The van der Waals surface area contributed by atoms with Gasteiger partial charge < -0.3 is 9.64 Å². The maximum atomic E-state index is 13.9. The predicted molar refractivity (Wildman–Crippen MR) is 86.8 cm³/mol. The van der Waals surface area contributed by atoms with Gasteiger partial charge in [0.25, 0.3) is 0 Å². The van der Waals surface area contributed by atoms with Crippen molar-refractivity contribution < 1.29 is 13.9 Å². The zero-order valence-corrected chi connectivity index (χ0v) is 13.9. The molecule has 2 aliphatic heterocycles. The van der Waals surface area contributed by atoms with Gasteiger partial charge in [-0.25, -0.2) is 4.39 Å². The Bertz CT molecular complexity index is 578. The Morgan fingerprint density at radius 3 is 2.70 bits per heavy atom. The van der Waals surface area contributed by atoms with E-state index in [9.17, 15) is 9.18 Å². The lowest BCUT2D eigenvalue weighted by molar-refractivity contribution is -0.130. The van der Waals surface area contributed by atoms with Crippen molar-refractivity contribution in [2.45, 2.75) is 51.2 Å². The van der Waals surface area contributed by atoms with Crippen molar-refractivity contribution in [2.75, 3.05) is 20.2 Å². The van der Waals surface area contributed by atoms with E-state index in [4.69, 9.17) is 4.74 Å². The highest BCUT2D eigenvalue weighted by molar-refractivity contribution is 5.74. The number of ether oxygens (including phenoxy) is 1. The van der Waals surface area contributed by atoms with Crippen LogP contribution in [0.2, 0.25) is 0 Å². The Kier molecular flexibility index (Phi) is 4.85. The Morgan fingerprint density at radius 1 is 1.26 bits per heavy atom. The van der Waals surface area contributed by atoms with Crippen LogP contribution in [0, 0.1) is 5.82 Å². The first-order valence-electron chi connectivity index (χ1n) is 8.44. The summed E-state index contributed by atoms with van der Waals surface area (Å²) in [6.45, 7) is 4.28. The molecule has 0 radical (unpaired) electrons. The van der Waals surface area contributed by atoms with E-state index >= 15 is 0 Å². The van der Waals surface area contributed by atoms with Crippen LogP contribution in [-0.2, 0) is 11.3 Å². The number of likely N-dealkylation sites (tertiary alicyclic amines) is 2. The van der Waals surface area contributed by atoms with Gasteiger partial charge >= 0.3 is 0 Å². The van der Waals surface area contributed by atoms with Crippen molar-refractivity contribution in [1.82, 2.24) is 9.80 Å². The zero-order valence-electron chi connectivity index (χ0n) is 13.9. The van der Waals surface area contributed by atoms with Crippen LogP contribution in [0.3, 0.4) is 0 Å². The van der Waals surface area contributed by atoms with Gasteiger partial charge in [-0.15, -0.1) is 0 Å². The number of rotatable bonds is 4. The van der Waals surface area contributed by atoms with Gasteiger partial charge in [0.2, 0.25) is 5.91 Å². The largest absolute Gasteiger partial charge is 0.494 e. The lowest BCUT2D eigenvalue weighted by Crippen LogP contribution is -2.47. The van der Waals surface area contributed by atoms with Gasteiger partial charge in [0, 0.05) is 32.1 Å². The second kappa shape index (κ2) is 6.87. The minimum Gasteiger partial charge on any atom is -0.494 e. The summed E-state index contributed by atoms with van der Waals surface area (Å²) < 4.78 is 18.9. The van der Waals surface area contributed by atoms with E-state index in [1.807, 2.05) is 11.0 Å². The van der Waals surface area contributed by atoms with Crippen molar-refractivity contribution in [2.24, 2.45) is 0 Å². The van der Waals surface area contributed by atoms with E-state index in [0.29, 0.717) is 12.1 Å². The van der Waals surface area contributed by atoms with Crippen LogP contribution in [0.25, 0.3) is 0 Å². The van der Waals surface area contributed by atoms with Crippen molar-refractivity contribution >= 4 is 5.91 Å². The number of hydrogen-bond donors (Lipinski definition) is 0. The fraction of sp³-hybridized carbons (Fsp3) is 0.611. The third-order valence-electron chi connectivity index (χ3n) is 5.16. The molecule has 1 aromatic carbocycles. The maximum Gasteiger partial charge on any atom is 0.219 e. The molecule has 2 atom stereocenters. The number of carbonyl (C=O) groups excluding carboxylic acids is 1. The van der Waals surface area contributed by atoms with E-state index < -0.39 is 0 Å². The summed E-state index contributed by atoms with van der Waals surface area (Å²) in [7, 11) is 1.48. The molecule has 0 aliphatic carbocycles. The topological polar surface area (TPSA) is 32.8 Å². The molecule has 0 aromatic heterocycles. The van der Waals surface area contributed by atoms with Crippen LogP contribution >= 0.6 is 0 Å². The molecule has 1 aromatic rings.